The Bertz CT molecular complexity index is 967. The lowest BCUT2D eigenvalue weighted by atomic mass is 10.1. The first-order chi connectivity index (χ1) is 12.1. The van der Waals surface area contributed by atoms with E-state index >= 15 is 0 Å². The van der Waals surface area contributed by atoms with Gasteiger partial charge in [0.15, 0.2) is 11.3 Å². The zero-order valence-corrected chi connectivity index (χ0v) is 14.0. The number of benzene rings is 1. The van der Waals surface area contributed by atoms with Crippen LogP contribution in [0.25, 0.3) is 16.9 Å². The zero-order chi connectivity index (χ0) is 17.6. The molecular formula is C18H18FN5O. The number of nitrogens with zero attached hydrogens (tertiary/aromatic N) is 3. The van der Waals surface area contributed by atoms with Crippen molar-refractivity contribution in [1.82, 2.24) is 19.9 Å². The molecule has 0 spiro atoms. The van der Waals surface area contributed by atoms with Crippen molar-refractivity contribution in [2.24, 2.45) is 0 Å². The van der Waals surface area contributed by atoms with Crippen molar-refractivity contribution in [2.45, 2.75) is 25.6 Å². The second-order valence-corrected chi connectivity index (χ2v) is 6.27. The molecule has 1 amide bonds. The first-order valence-corrected chi connectivity index (χ1v) is 8.15. The smallest absolute Gasteiger partial charge is 0.271 e. The van der Waals surface area contributed by atoms with Crippen LogP contribution in [-0.4, -0.2) is 39.8 Å². The molecule has 1 fully saturated rings. The fourth-order valence-electron chi connectivity index (χ4n) is 2.81. The molecular weight excluding hydrogens is 321 g/mol. The van der Waals surface area contributed by atoms with Gasteiger partial charge in [-0.05, 0) is 19.1 Å². The SMILES string of the molecule is CNc1cc(-c2cccc(C)c2)nn2c(C(=O)N[C@@H]3C[C@@H]3F)cnc12. The summed E-state index contributed by atoms with van der Waals surface area (Å²) in [5.41, 5.74) is 4.40. The van der Waals surface area contributed by atoms with Gasteiger partial charge in [-0.3, -0.25) is 4.79 Å². The van der Waals surface area contributed by atoms with Gasteiger partial charge in [-0.1, -0.05) is 23.8 Å². The summed E-state index contributed by atoms with van der Waals surface area (Å²) in [4.78, 5) is 16.7. The van der Waals surface area contributed by atoms with E-state index in [0.29, 0.717) is 17.8 Å². The van der Waals surface area contributed by atoms with Gasteiger partial charge in [-0.25, -0.2) is 13.9 Å². The highest BCUT2D eigenvalue weighted by atomic mass is 19.1. The van der Waals surface area contributed by atoms with Crippen LogP contribution in [0.15, 0.2) is 36.5 Å². The van der Waals surface area contributed by atoms with Gasteiger partial charge in [0.1, 0.15) is 6.17 Å². The number of nitrogens with one attached hydrogen (secondary N) is 2. The van der Waals surface area contributed by atoms with Crippen LogP contribution in [0.4, 0.5) is 10.1 Å². The predicted octanol–water partition coefficient (Wildman–Crippen LogP) is 2.59. The molecule has 0 saturated heterocycles. The van der Waals surface area contributed by atoms with E-state index in [1.165, 1.54) is 10.7 Å². The summed E-state index contributed by atoms with van der Waals surface area (Å²) >= 11 is 0. The molecule has 1 aliphatic carbocycles. The van der Waals surface area contributed by atoms with E-state index in [-0.39, 0.29) is 5.91 Å². The van der Waals surface area contributed by atoms with Crippen molar-refractivity contribution in [3.8, 4) is 11.3 Å². The Labute approximate surface area is 144 Å². The first-order valence-electron chi connectivity index (χ1n) is 8.15. The molecule has 25 heavy (non-hydrogen) atoms. The molecule has 0 unspecified atom stereocenters. The highest BCUT2D eigenvalue weighted by Crippen LogP contribution is 2.27. The molecule has 1 aliphatic rings. The van der Waals surface area contributed by atoms with Gasteiger partial charge in [-0.2, -0.15) is 5.10 Å². The van der Waals surface area contributed by atoms with Crippen molar-refractivity contribution in [1.29, 1.82) is 0 Å². The summed E-state index contributed by atoms with van der Waals surface area (Å²) in [5.74, 6) is -0.367. The Morgan fingerprint density at radius 3 is 2.84 bits per heavy atom. The second-order valence-electron chi connectivity index (χ2n) is 6.27. The number of fused-ring (bicyclic) bond motifs is 1. The third-order valence-corrected chi connectivity index (χ3v) is 4.31. The fraction of sp³-hybridized carbons (Fsp3) is 0.278. The number of anilines is 1. The Morgan fingerprint density at radius 2 is 2.16 bits per heavy atom. The van der Waals surface area contributed by atoms with Crippen LogP contribution in [0.2, 0.25) is 0 Å². The number of amides is 1. The fourth-order valence-corrected chi connectivity index (χ4v) is 2.81. The average Bonchev–Trinajstić information content (AvgIpc) is 3.12. The van der Waals surface area contributed by atoms with Gasteiger partial charge in [-0.15, -0.1) is 0 Å². The summed E-state index contributed by atoms with van der Waals surface area (Å²) in [6.45, 7) is 2.01. The van der Waals surface area contributed by atoms with Crippen LogP contribution in [-0.2, 0) is 0 Å². The predicted molar refractivity (Wildman–Crippen MR) is 93.5 cm³/mol. The lowest BCUT2D eigenvalue weighted by Crippen LogP contribution is -2.28. The number of aryl methyl sites for hydroxylation is 1. The van der Waals surface area contributed by atoms with Crippen LogP contribution in [0.3, 0.4) is 0 Å². The molecule has 128 valence electrons. The first kappa shape index (κ1) is 15.6. The molecule has 2 heterocycles. The average molecular weight is 339 g/mol. The quantitative estimate of drug-likeness (QED) is 0.766. The molecule has 0 aliphatic heterocycles. The molecule has 7 heteroatoms. The summed E-state index contributed by atoms with van der Waals surface area (Å²) in [7, 11) is 1.79. The number of carbonyl (C=O) groups is 1. The Hall–Kier alpha value is -2.96. The van der Waals surface area contributed by atoms with E-state index in [1.807, 2.05) is 37.3 Å². The summed E-state index contributed by atoms with van der Waals surface area (Å²) in [6, 6.07) is 9.47. The maximum absolute atomic E-state index is 13.1. The third-order valence-electron chi connectivity index (χ3n) is 4.31. The van der Waals surface area contributed by atoms with Crippen molar-refractivity contribution in [2.75, 3.05) is 12.4 Å². The number of imidazole rings is 1. The van der Waals surface area contributed by atoms with E-state index in [0.717, 1.165) is 22.5 Å². The highest BCUT2D eigenvalue weighted by Gasteiger charge is 2.39. The van der Waals surface area contributed by atoms with Gasteiger partial charge in [0.05, 0.1) is 23.6 Å². The van der Waals surface area contributed by atoms with Gasteiger partial charge in [0.2, 0.25) is 0 Å². The number of halogens is 1. The number of carbonyl (C=O) groups excluding carboxylic acids is 1. The topological polar surface area (TPSA) is 71.3 Å². The van der Waals surface area contributed by atoms with E-state index in [1.54, 1.807) is 7.05 Å². The minimum atomic E-state index is -0.952. The van der Waals surface area contributed by atoms with Crippen molar-refractivity contribution in [3.63, 3.8) is 0 Å². The summed E-state index contributed by atoms with van der Waals surface area (Å²) < 4.78 is 14.6. The highest BCUT2D eigenvalue weighted by molar-refractivity contribution is 5.94. The van der Waals surface area contributed by atoms with Crippen LogP contribution >= 0.6 is 0 Å². The lowest BCUT2D eigenvalue weighted by molar-refractivity contribution is 0.0940. The molecule has 4 rings (SSSR count). The zero-order valence-electron chi connectivity index (χ0n) is 14.0. The molecule has 3 aromatic rings. The molecule has 2 N–H and O–H groups in total. The molecule has 1 aromatic carbocycles. The minimum Gasteiger partial charge on any atom is -0.385 e. The molecule has 2 aromatic heterocycles. The van der Waals surface area contributed by atoms with Crippen LogP contribution < -0.4 is 10.6 Å². The monoisotopic (exact) mass is 339 g/mol. The van der Waals surface area contributed by atoms with E-state index in [4.69, 9.17) is 0 Å². The van der Waals surface area contributed by atoms with Crippen LogP contribution in [0, 0.1) is 6.92 Å². The Kier molecular flexibility index (Phi) is 3.63. The third kappa shape index (κ3) is 2.82. The maximum atomic E-state index is 13.1. The number of hydrogen-bond donors (Lipinski definition) is 2. The standard InChI is InChI=1S/C18H18FN5O/c1-10-4-3-5-11(6-10)13-8-15(20-2)17-21-9-16(24(17)23-13)18(25)22-14-7-12(14)19/h3-6,8-9,12,14,20H,7H2,1-2H3,(H,22,25)/t12-,14+/m0/s1. The normalized spacial score (nSPS) is 19.0. The molecule has 0 bridgehead atoms. The Balaban J connectivity index is 1.80. The maximum Gasteiger partial charge on any atom is 0.271 e. The molecule has 2 atom stereocenters. The van der Waals surface area contributed by atoms with Crippen LogP contribution in [0.1, 0.15) is 22.5 Å². The molecule has 6 nitrogen and oxygen atoms in total. The van der Waals surface area contributed by atoms with Crippen molar-refractivity contribution >= 4 is 17.2 Å². The largest absolute Gasteiger partial charge is 0.385 e. The van der Waals surface area contributed by atoms with E-state index in [9.17, 15) is 9.18 Å². The molecule has 0 radical (unpaired) electrons. The van der Waals surface area contributed by atoms with E-state index < -0.39 is 12.2 Å². The summed E-state index contributed by atoms with van der Waals surface area (Å²) in [5, 5.41) is 10.3. The number of hydrogen-bond acceptors (Lipinski definition) is 4. The summed E-state index contributed by atoms with van der Waals surface area (Å²) in [6.07, 6.45) is 0.882. The van der Waals surface area contributed by atoms with Gasteiger partial charge >= 0.3 is 0 Å². The minimum absolute atomic E-state index is 0.292. The van der Waals surface area contributed by atoms with Gasteiger partial charge < -0.3 is 10.6 Å². The van der Waals surface area contributed by atoms with Gasteiger partial charge in [0.25, 0.3) is 5.91 Å². The number of rotatable bonds is 4. The van der Waals surface area contributed by atoms with Crippen molar-refractivity contribution < 1.29 is 9.18 Å². The van der Waals surface area contributed by atoms with Crippen molar-refractivity contribution in [3.05, 3.63) is 47.8 Å². The number of aromatic nitrogens is 3. The lowest BCUT2D eigenvalue weighted by Gasteiger charge is -2.09. The van der Waals surface area contributed by atoms with Crippen LogP contribution in [0.5, 0.6) is 0 Å². The molecule has 1 saturated carbocycles. The Morgan fingerprint density at radius 1 is 1.36 bits per heavy atom. The second kappa shape index (κ2) is 5.84. The van der Waals surface area contributed by atoms with E-state index in [2.05, 4.69) is 20.7 Å². The number of alkyl halides is 1. The van der Waals surface area contributed by atoms with Gasteiger partial charge in [0, 0.05) is 19.0 Å².